The molecule has 1 rings (SSSR count). The van der Waals surface area contributed by atoms with Crippen LogP contribution in [0.3, 0.4) is 0 Å². The lowest BCUT2D eigenvalue weighted by molar-refractivity contribution is -0.308. The van der Waals surface area contributed by atoms with Crippen molar-refractivity contribution in [1.29, 1.82) is 0 Å². The summed E-state index contributed by atoms with van der Waals surface area (Å²) in [5, 5.41) is 10.2. The molecule has 0 aromatic heterocycles. The first-order valence-corrected chi connectivity index (χ1v) is 9.43. The summed E-state index contributed by atoms with van der Waals surface area (Å²) >= 11 is 0. The Kier molecular flexibility index (Phi) is 11.8. The minimum Gasteiger partial charge on any atom is -0.373 e. The third kappa shape index (κ3) is 6.92. The van der Waals surface area contributed by atoms with Gasteiger partial charge in [-0.05, 0) is 19.3 Å². The minimum atomic E-state index is -1.19. The van der Waals surface area contributed by atoms with Gasteiger partial charge in [0.05, 0.1) is 0 Å². The first-order chi connectivity index (χ1) is 11.7. The summed E-state index contributed by atoms with van der Waals surface area (Å²) in [5.41, 5.74) is 0. The van der Waals surface area contributed by atoms with Crippen LogP contribution >= 0.6 is 0 Å². The van der Waals surface area contributed by atoms with Gasteiger partial charge in [0.1, 0.15) is 31.1 Å². The number of unbranched alkanes of at least 4 members (excludes halogenated alkanes) is 3. The van der Waals surface area contributed by atoms with Crippen molar-refractivity contribution in [3.05, 3.63) is 0 Å². The normalized spacial score (nSPS) is 30.6. The zero-order valence-electron chi connectivity index (χ0n) is 15.4. The Labute approximate surface area is 145 Å². The number of aliphatic hydroxyl groups is 1. The minimum absolute atomic E-state index is 0.511. The van der Waals surface area contributed by atoms with E-state index in [1.807, 2.05) is 0 Å². The summed E-state index contributed by atoms with van der Waals surface area (Å²) in [6, 6.07) is 0. The van der Waals surface area contributed by atoms with E-state index in [0.717, 1.165) is 38.5 Å². The predicted octanol–water partition coefficient (Wildman–Crippen LogP) is 3.23. The molecule has 0 saturated carbocycles. The average Bonchev–Trinajstić information content (AvgIpc) is 2.58. The quantitative estimate of drug-likeness (QED) is 0.517. The van der Waals surface area contributed by atoms with Gasteiger partial charge in [0.2, 0.25) is 0 Å². The highest BCUT2D eigenvalue weighted by Gasteiger charge is 2.47. The molecule has 0 bridgehead atoms. The lowest BCUT2D eigenvalue weighted by atomic mass is 9.98. The van der Waals surface area contributed by atoms with E-state index < -0.39 is 37.4 Å². The summed E-state index contributed by atoms with van der Waals surface area (Å²) in [5.74, 6) is 0. The first-order valence-electron chi connectivity index (χ1n) is 9.43. The number of ether oxygens (including phenoxy) is 4. The number of halogens is 1. The molecule has 0 amide bonds. The highest BCUT2D eigenvalue weighted by Crippen LogP contribution is 2.28. The van der Waals surface area contributed by atoms with E-state index >= 15 is 0 Å². The van der Waals surface area contributed by atoms with Crippen molar-refractivity contribution in [1.82, 2.24) is 0 Å². The molecule has 0 aromatic rings. The fraction of sp³-hybridized carbons (Fsp3) is 1.00. The Hall–Kier alpha value is -0.270. The van der Waals surface area contributed by atoms with Crippen molar-refractivity contribution in [2.24, 2.45) is 0 Å². The molecule has 1 aliphatic heterocycles. The van der Waals surface area contributed by atoms with Crippen LogP contribution in [0, 0.1) is 0 Å². The second-order valence-electron chi connectivity index (χ2n) is 6.29. The molecule has 1 aliphatic rings. The molecule has 1 saturated heterocycles. The number of aliphatic hydroxyl groups excluding tert-OH is 1. The first kappa shape index (κ1) is 21.8. The number of hydrogen-bond acceptors (Lipinski definition) is 5. The standard InChI is InChI=1S/C18H35FO5/c1-4-7-10-21-15-14(13-19)24-18(20)17(23-12-9-6-3)16(15)22-11-8-5-2/h14-18,20H,4-13H2,1-3H3/t14?,15-,16+,17?,18?/m1/s1. The third-order valence-corrected chi connectivity index (χ3v) is 4.19. The smallest absolute Gasteiger partial charge is 0.184 e. The molecular formula is C18H35FO5. The second-order valence-corrected chi connectivity index (χ2v) is 6.29. The molecule has 1 heterocycles. The zero-order valence-corrected chi connectivity index (χ0v) is 15.4. The van der Waals surface area contributed by atoms with Crippen molar-refractivity contribution in [2.75, 3.05) is 26.5 Å². The van der Waals surface area contributed by atoms with E-state index in [2.05, 4.69) is 20.8 Å². The van der Waals surface area contributed by atoms with Gasteiger partial charge in [0.15, 0.2) is 6.29 Å². The number of rotatable bonds is 13. The summed E-state index contributed by atoms with van der Waals surface area (Å²) in [6.45, 7) is 7.07. The fourth-order valence-electron chi connectivity index (χ4n) is 2.68. The lowest BCUT2D eigenvalue weighted by Crippen LogP contribution is -2.61. The molecule has 3 unspecified atom stereocenters. The highest BCUT2D eigenvalue weighted by atomic mass is 19.1. The molecule has 0 aliphatic carbocycles. The molecule has 0 radical (unpaired) electrons. The molecule has 5 nitrogen and oxygen atoms in total. The molecule has 24 heavy (non-hydrogen) atoms. The molecule has 144 valence electrons. The lowest BCUT2D eigenvalue weighted by Gasteiger charge is -2.43. The van der Waals surface area contributed by atoms with Crippen molar-refractivity contribution >= 4 is 0 Å². The maximum atomic E-state index is 13.4. The van der Waals surface area contributed by atoms with Crippen molar-refractivity contribution in [2.45, 2.75) is 90.0 Å². The Morgan fingerprint density at radius 1 is 0.792 bits per heavy atom. The number of hydrogen-bond donors (Lipinski definition) is 1. The summed E-state index contributed by atoms with van der Waals surface area (Å²) in [6.07, 6.45) is 1.92. The van der Waals surface area contributed by atoms with Gasteiger partial charge in [-0.25, -0.2) is 4.39 Å². The van der Waals surface area contributed by atoms with E-state index in [1.165, 1.54) is 0 Å². The maximum absolute atomic E-state index is 13.4. The highest BCUT2D eigenvalue weighted by molar-refractivity contribution is 4.92. The zero-order chi connectivity index (χ0) is 17.8. The maximum Gasteiger partial charge on any atom is 0.184 e. The molecule has 6 heteroatoms. The SMILES string of the molecule is CCCCOC1C(O)OC(CF)[C@@H](OCCCC)[C@@H]1OCCCC. The van der Waals surface area contributed by atoms with Crippen LogP contribution in [0.5, 0.6) is 0 Å². The van der Waals surface area contributed by atoms with Gasteiger partial charge in [-0.1, -0.05) is 40.0 Å². The molecule has 5 atom stereocenters. The Bertz CT molecular complexity index is 305. The van der Waals surface area contributed by atoms with Crippen molar-refractivity contribution < 1.29 is 28.4 Å². The van der Waals surface area contributed by atoms with E-state index in [1.54, 1.807) is 0 Å². The van der Waals surface area contributed by atoms with Crippen LogP contribution < -0.4 is 0 Å². The molecule has 1 fully saturated rings. The van der Waals surface area contributed by atoms with Gasteiger partial charge in [0.25, 0.3) is 0 Å². The molecule has 0 spiro atoms. The summed E-state index contributed by atoms with van der Waals surface area (Å²) < 4.78 is 36.4. The topological polar surface area (TPSA) is 57.2 Å². The van der Waals surface area contributed by atoms with Gasteiger partial charge in [-0.15, -0.1) is 0 Å². The third-order valence-electron chi connectivity index (χ3n) is 4.19. The van der Waals surface area contributed by atoms with Crippen LogP contribution in [0.1, 0.15) is 59.3 Å². The molecule has 0 aromatic carbocycles. The summed E-state index contributed by atoms with van der Waals surface area (Å²) in [7, 11) is 0. The van der Waals surface area contributed by atoms with Crippen molar-refractivity contribution in [3.63, 3.8) is 0 Å². The second kappa shape index (κ2) is 13.0. The summed E-state index contributed by atoms with van der Waals surface area (Å²) in [4.78, 5) is 0. The van der Waals surface area contributed by atoms with Crippen LogP contribution in [0.4, 0.5) is 4.39 Å². The molecule has 1 N–H and O–H groups in total. The van der Waals surface area contributed by atoms with Gasteiger partial charge in [-0.2, -0.15) is 0 Å². The fourth-order valence-corrected chi connectivity index (χ4v) is 2.68. The van der Waals surface area contributed by atoms with Crippen LogP contribution in [0.2, 0.25) is 0 Å². The Morgan fingerprint density at radius 3 is 1.71 bits per heavy atom. The van der Waals surface area contributed by atoms with Crippen LogP contribution in [-0.2, 0) is 18.9 Å². The van der Waals surface area contributed by atoms with E-state index in [4.69, 9.17) is 18.9 Å². The van der Waals surface area contributed by atoms with Crippen LogP contribution in [0.25, 0.3) is 0 Å². The molecular weight excluding hydrogens is 315 g/mol. The van der Waals surface area contributed by atoms with E-state index in [0.29, 0.717) is 19.8 Å². The number of alkyl halides is 1. The van der Waals surface area contributed by atoms with E-state index in [9.17, 15) is 9.50 Å². The average molecular weight is 350 g/mol. The predicted molar refractivity (Wildman–Crippen MR) is 90.8 cm³/mol. The van der Waals surface area contributed by atoms with Gasteiger partial charge >= 0.3 is 0 Å². The monoisotopic (exact) mass is 350 g/mol. The van der Waals surface area contributed by atoms with Gasteiger partial charge in [0, 0.05) is 19.8 Å². The van der Waals surface area contributed by atoms with Crippen molar-refractivity contribution in [3.8, 4) is 0 Å². The Balaban J connectivity index is 2.79. The van der Waals surface area contributed by atoms with Gasteiger partial charge in [-0.3, -0.25) is 0 Å². The van der Waals surface area contributed by atoms with Gasteiger partial charge < -0.3 is 24.1 Å². The van der Waals surface area contributed by atoms with Crippen LogP contribution in [0.15, 0.2) is 0 Å². The van der Waals surface area contributed by atoms with Crippen LogP contribution in [-0.4, -0.2) is 62.3 Å². The largest absolute Gasteiger partial charge is 0.373 e. The van der Waals surface area contributed by atoms with E-state index in [-0.39, 0.29) is 0 Å². The Morgan fingerprint density at radius 2 is 1.25 bits per heavy atom.